The zero-order valence-corrected chi connectivity index (χ0v) is 15.2. The fraction of sp³-hybridized carbons (Fsp3) is 0.529. The van der Waals surface area contributed by atoms with E-state index >= 15 is 0 Å². The van der Waals surface area contributed by atoms with Crippen LogP contribution in [-0.2, 0) is 21.2 Å². The topological polar surface area (TPSA) is 89.6 Å². The van der Waals surface area contributed by atoms with Gasteiger partial charge in [0.1, 0.15) is 6.54 Å². The van der Waals surface area contributed by atoms with Crippen LogP contribution in [0.15, 0.2) is 33.5 Å². The number of aromatic nitrogens is 1. The minimum Gasteiger partial charge on any atom is -0.408 e. The Morgan fingerprint density at radius 1 is 1.36 bits per heavy atom. The molecule has 1 aliphatic rings. The highest BCUT2D eigenvalue weighted by Gasteiger charge is 2.35. The van der Waals surface area contributed by atoms with Crippen LogP contribution in [0, 0.1) is 5.92 Å². The molecular formula is C17H22N2O5S. The Bertz CT molecular complexity index is 941. The number of carbonyl (C=O) groups is 1. The smallest absolute Gasteiger partial charge is 0.408 e. The van der Waals surface area contributed by atoms with Crippen molar-refractivity contribution in [3.63, 3.8) is 0 Å². The van der Waals surface area contributed by atoms with Crippen LogP contribution >= 0.6 is 0 Å². The first-order valence-electron chi connectivity index (χ1n) is 8.35. The van der Waals surface area contributed by atoms with E-state index in [0.717, 1.165) is 0 Å². The number of oxazole rings is 1. The lowest BCUT2D eigenvalue weighted by Crippen LogP contribution is -2.45. The third-order valence-electron chi connectivity index (χ3n) is 4.40. The number of amides is 1. The third kappa shape index (κ3) is 3.78. The molecule has 0 spiro atoms. The minimum atomic E-state index is -3.10. The van der Waals surface area contributed by atoms with E-state index in [9.17, 15) is 18.0 Å². The molecule has 1 saturated heterocycles. The van der Waals surface area contributed by atoms with Crippen molar-refractivity contribution in [3.05, 3.63) is 34.8 Å². The van der Waals surface area contributed by atoms with E-state index in [4.69, 9.17) is 4.42 Å². The quantitative estimate of drug-likeness (QED) is 0.795. The van der Waals surface area contributed by atoms with Gasteiger partial charge in [-0.1, -0.05) is 26.0 Å². The van der Waals surface area contributed by atoms with E-state index in [2.05, 4.69) is 0 Å². The van der Waals surface area contributed by atoms with Crippen molar-refractivity contribution in [1.82, 2.24) is 9.47 Å². The Labute approximate surface area is 146 Å². The lowest BCUT2D eigenvalue weighted by atomic mass is 10.1. The lowest BCUT2D eigenvalue weighted by Gasteiger charge is -2.30. The van der Waals surface area contributed by atoms with Gasteiger partial charge in [0, 0.05) is 12.6 Å². The largest absolute Gasteiger partial charge is 0.420 e. The molecule has 1 amide bonds. The Morgan fingerprint density at radius 3 is 2.72 bits per heavy atom. The molecule has 0 unspecified atom stereocenters. The van der Waals surface area contributed by atoms with Gasteiger partial charge >= 0.3 is 5.76 Å². The van der Waals surface area contributed by atoms with Gasteiger partial charge in [0.05, 0.1) is 17.0 Å². The summed E-state index contributed by atoms with van der Waals surface area (Å²) in [6.07, 6.45) is 0.446. The molecule has 1 aromatic carbocycles. The van der Waals surface area contributed by atoms with Crippen LogP contribution in [0.2, 0.25) is 0 Å². The van der Waals surface area contributed by atoms with Crippen LogP contribution in [0.1, 0.15) is 20.3 Å². The van der Waals surface area contributed by atoms with E-state index in [1.807, 2.05) is 13.8 Å². The number of fused-ring (bicyclic) bond motifs is 1. The highest BCUT2D eigenvalue weighted by Crippen LogP contribution is 2.20. The Morgan fingerprint density at radius 2 is 2.08 bits per heavy atom. The molecule has 0 bridgehead atoms. The molecule has 0 saturated carbocycles. The monoisotopic (exact) mass is 366 g/mol. The maximum Gasteiger partial charge on any atom is 0.420 e. The molecule has 1 aliphatic heterocycles. The number of carbonyl (C=O) groups excluding carboxylic acids is 1. The molecular weight excluding hydrogens is 344 g/mol. The first kappa shape index (κ1) is 17.7. The molecule has 0 radical (unpaired) electrons. The van der Waals surface area contributed by atoms with E-state index in [0.29, 0.717) is 24.1 Å². The zero-order chi connectivity index (χ0) is 18.2. The van der Waals surface area contributed by atoms with Crippen LogP contribution < -0.4 is 5.76 Å². The number of benzene rings is 1. The molecule has 3 rings (SSSR count). The van der Waals surface area contributed by atoms with Crippen LogP contribution in [0.3, 0.4) is 0 Å². The fourth-order valence-electron chi connectivity index (χ4n) is 3.26. The average Bonchev–Trinajstić information content (AvgIpc) is 3.04. The van der Waals surface area contributed by atoms with Gasteiger partial charge in [-0.15, -0.1) is 0 Å². The summed E-state index contributed by atoms with van der Waals surface area (Å²) < 4.78 is 30.0. The van der Waals surface area contributed by atoms with Crippen molar-refractivity contribution < 1.29 is 17.6 Å². The maximum absolute atomic E-state index is 12.9. The van der Waals surface area contributed by atoms with E-state index < -0.39 is 15.6 Å². The van der Waals surface area contributed by atoms with E-state index in [1.54, 1.807) is 29.2 Å². The maximum atomic E-state index is 12.9. The second-order valence-corrected chi connectivity index (χ2v) is 9.15. The number of hydrogen-bond acceptors (Lipinski definition) is 5. The van der Waals surface area contributed by atoms with Crippen molar-refractivity contribution in [2.75, 3.05) is 18.1 Å². The second-order valence-electron chi connectivity index (χ2n) is 6.92. The van der Waals surface area contributed by atoms with Gasteiger partial charge < -0.3 is 9.32 Å². The van der Waals surface area contributed by atoms with Crippen molar-refractivity contribution in [3.8, 4) is 0 Å². The van der Waals surface area contributed by atoms with Gasteiger partial charge in [-0.25, -0.2) is 13.2 Å². The van der Waals surface area contributed by atoms with Crippen molar-refractivity contribution in [2.24, 2.45) is 5.92 Å². The zero-order valence-electron chi connectivity index (χ0n) is 14.3. The first-order valence-corrected chi connectivity index (χ1v) is 10.2. The lowest BCUT2D eigenvalue weighted by molar-refractivity contribution is -0.134. The third-order valence-corrected chi connectivity index (χ3v) is 6.15. The summed E-state index contributed by atoms with van der Waals surface area (Å²) in [6.45, 7) is 4.26. The molecule has 25 heavy (non-hydrogen) atoms. The van der Waals surface area contributed by atoms with Gasteiger partial charge in [-0.3, -0.25) is 9.36 Å². The molecule has 136 valence electrons. The van der Waals surface area contributed by atoms with Crippen LogP contribution in [-0.4, -0.2) is 47.9 Å². The van der Waals surface area contributed by atoms with Gasteiger partial charge in [0.15, 0.2) is 15.4 Å². The highest BCUT2D eigenvalue weighted by molar-refractivity contribution is 7.91. The second kappa shape index (κ2) is 6.67. The molecule has 7 nitrogen and oxygen atoms in total. The first-order chi connectivity index (χ1) is 11.8. The number of hydrogen-bond donors (Lipinski definition) is 0. The van der Waals surface area contributed by atoms with Crippen molar-refractivity contribution in [2.45, 2.75) is 32.9 Å². The molecule has 8 heteroatoms. The summed E-state index contributed by atoms with van der Waals surface area (Å²) in [5.41, 5.74) is 0.989. The van der Waals surface area contributed by atoms with Crippen LogP contribution in [0.25, 0.3) is 11.1 Å². The molecule has 0 aliphatic carbocycles. The normalized spacial score (nSPS) is 19.6. The van der Waals surface area contributed by atoms with E-state index in [1.165, 1.54) is 4.57 Å². The fourth-order valence-corrected chi connectivity index (χ4v) is 4.99. The standard InChI is InChI=1S/C17H22N2O5S/c1-12(2)9-18(13-7-8-25(22,23)11-13)16(20)10-19-14-5-3-4-6-15(14)24-17(19)21/h3-6,12-13H,7-11H2,1-2H3/t13-/m1/s1. The summed E-state index contributed by atoms with van der Waals surface area (Å²) in [5.74, 6) is -0.548. The summed E-state index contributed by atoms with van der Waals surface area (Å²) in [6, 6.07) is 6.60. The average molecular weight is 366 g/mol. The predicted octanol–water partition coefficient (Wildman–Crippen LogP) is 1.27. The Hall–Kier alpha value is -2.09. The van der Waals surface area contributed by atoms with Crippen molar-refractivity contribution in [1.29, 1.82) is 0 Å². The van der Waals surface area contributed by atoms with Crippen molar-refractivity contribution >= 4 is 26.8 Å². The molecule has 2 heterocycles. The summed E-state index contributed by atoms with van der Waals surface area (Å²) >= 11 is 0. The van der Waals surface area contributed by atoms with Gasteiger partial charge in [0.2, 0.25) is 5.91 Å². The number of nitrogens with zero attached hydrogens (tertiary/aromatic N) is 2. The summed E-state index contributed by atoms with van der Waals surface area (Å²) in [7, 11) is -3.10. The van der Waals surface area contributed by atoms with Gasteiger partial charge in [-0.2, -0.15) is 0 Å². The molecule has 1 aromatic heterocycles. The Balaban J connectivity index is 1.87. The SMILES string of the molecule is CC(C)CN(C(=O)Cn1c(=O)oc2ccccc21)[C@@H]1CCS(=O)(=O)C1. The molecule has 1 atom stereocenters. The molecule has 0 N–H and O–H groups in total. The van der Waals surface area contributed by atoms with Gasteiger partial charge in [-0.05, 0) is 24.5 Å². The molecule has 1 fully saturated rings. The number of para-hydroxylation sites is 2. The summed E-state index contributed by atoms with van der Waals surface area (Å²) in [4.78, 5) is 26.6. The van der Waals surface area contributed by atoms with Crippen LogP contribution in [0.5, 0.6) is 0 Å². The minimum absolute atomic E-state index is 0.00745. The predicted molar refractivity (Wildman–Crippen MR) is 94.1 cm³/mol. The molecule has 2 aromatic rings. The van der Waals surface area contributed by atoms with E-state index in [-0.39, 0.29) is 35.9 Å². The van der Waals surface area contributed by atoms with Gasteiger partial charge in [0.25, 0.3) is 0 Å². The van der Waals surface area contributed by atoms with Crippen LogP contribution in [0.4, 0.5) is 0 Å². The summed E-state index contributed by atoms with van der Waals surface area (Å²) in [5, 5.41) is 0. The number of sulfone groups is 1. The highest BCUT2D eigenvalue weighted by atomic mass is 32.2. The Kier molecular flexibility index (Phi) is 4.73. The number of rotatable bonds is 5.